The number of amides is 3. The van der Waals surface area contributed by atoms with Crippen molar-refractivity contribution >= 4 is 23.4 Å². The minimum Gasteiger partial charge on any atom is -0.497 e. The second kappa shape index (κ2) is 10.5. The number of hydrogen-bond acceptors (Lipinski definition) is 6. The Balaban J connectivity index is 1.38. The molecule has 0 radical (unpaired) electrons. The minimum absolute atomic E-state index is 0.0315. The van der Waals surface area contributed by atoms with Crippen LogP contribution in [-0.2, 0) is 9.59 Å². The summed E-state index contributed by atoms with van der Waals surface area (Å²) in [6, 6.07) is 13.8. The normalized spacial score (nSPS) is 18.4. The van der Waals surface area contributed by atoms with Crippen molar-refractivity contribution in [2.24, 2.45) is 0 Å². The highest BCUT2D eigenvalue weighted by Crippen LogP contribution is 2.22. The van der Waals surface area contributed by atoms with Crippen LogP contribution in [0.2, 0.25) is 0 Å². The number of nitrogens with zero attached hydrogens (tertiary/aromatic N) is 3. The molecule has 34 heavy (non-hydrogen) atoms. The number of rotatable bonds is 6. The molecule has 0 spiro atoms. The molecule has 2 saturated heterocycles. The third-order valence-corrected chi connectivity index (χ3v) is 6.37. The number of anilines is 1. The highest BCUT2D eigenvalue weighted by Gasteiger charge is 2.36. The van der Waals surface area contributed by atoms with E-state index in [0.29, 0.717) is 50.6 Å². The molecule has 9 heteroatoms. The summed E-state index contributed by atoms with van der Waals surface area (Å²) >= 11 is 0. The highest BCUT2D eigenvalue weighted by molar-refractivity contribution is 5.99. The summed E-state index contributed by atoms with van der Waals surface area (Å²) in [7, 11) is 3.20. The summed E-state index contributed by atoms with van der Waals surface area (Å²) in [4.78, 5) is 44.3. The van der Waals surface area contributed by atoms with Crippen molar-refractivity contribution in [3.8, 4) is 11.5 Å². The summed E-state index contributed by atoms with van der Waals surface area (Å²) in [5.41, 5.74) is 1.54. The fourth-order valence-electron chi connectivity index (χ4n) is 4.36. The Labute approximate surface area is 199 Å². The Hall–Kier alpha value is -3.75. The van der Waals surface area contributed by atoms with Crippen molar-refractivity contribution in [2.45, 2.75) is 12.5 Å². The molecule has 2 fully saturated rings. The Morgan fingerprint density at radius 3 is 2.06 bits per heavy atom. The molecule has 2 aromatic rings. The van der Waals surface area contributed by atoms with Gasteiger partial charge >= 0.3 is 0 Å². The van der Waals surface area contributed by atoms with Crippen LogP contribution in [0.25, 0.3) is 0 Å². The van der Waals surface area contributed by atoms with Crippen LogP contribution in [0, 0.1) is 0 Å². The zero-order valence-electron chi connectivity index (χ0n) is 19.5. The number of hydrogen-bond donors (Lipinski definition) is 1. The van der Waals surface area contributed by atoms with Crippen LogP contribution >= 0.6 is 0 Å². The van der Waals surface area contributed by atoms with Gasteiger partial charge in [-0.3, -0.25) is 14.4 Å². The van der Waals surface area contributed by atoms with Crippen molar-refractivity contribution in [2.75, 3.05) is 58.4 Å². The lowest BCUT2D eigenvalue weighted by atomic mass is 10.0. The van der Waals surface area contributed by atoms with E-state index in [1.54, 1.807) is 43.4 Å². The van der Waals surface area contributed by atoms with Gasteiger partial charge in [-0.05, 0) is 48.5 Å². The zero-order chi connectivity index (χ0) is 24.1. The average molecular weight is 467 g/mol. The molecule has 9 nitrogen and oxygen atoms in total. The van der Waals surface area contributed by atoms with E-state index >= 15 is 0 Å². The molecule has 0 bridgehead atoms. The first kappa shape index (κ1) is 23.4. The van der Waals surface area contributed by atoms with Crippen molar-refractivity contribution in [1.82, 2.24) is 15.1 Å². The van der Waals surface area contributed by atoms with Gasteiger partial charge in [0.2, 0.25) is 11.8 Å². The van der Waals surface area contributed by atoms with Crippen molar-refractivity contribution in [3.05, 3.63) is 54.1 Å². The Morgan fingerprint density at radius 2 is 1.47 bits per heavy atom. The Morgan fingerprint density at radius 1 is 0.882 bits per heavy atom. The van der Waals surface area contributed by atoms with E-state index in [0.717, 1.165) is 11.4 Å². The molecular formula is C25H30N4O5. The molecule has 0 saturated carbocycles. The molecule has 2 heterocycles. The molecule has 1 N–H and O–H groups in total. The lowest BCUT2D eigenvalue weighted by Crippen LogP contribution is -2.59. The number of methoxy groups -OCH3 is 2. The lowest BCUT2D eigenvalue weighted by molar-refractivity contribution is -0.138. The number of benzene rings is 2. The van der Waals surface area contributed by atoms with Gasteiger partial charge in [-0.15, -0.1) is 0 Å². The summed E-state index contributed by atoms with van der Waals surface area (Å²) in [6.07, 6.45) is -0.0315. The average Bonchev–Trinajstić information content (AvgIpc) is 2.89. The fraction of sp³-hybridized carbons (Fsp3) is 0.400. The summed E-state index contributed by atoms with van der Waals surface area (Å²) < 4.78 is 10.4. The molecule has 2 aliphatic heterocycles. The van der Waals surface area contributed by atoms with Crippen LogP contribution in [0.15, 0.2) is 48.5 Å². The smallest absolute Gasteiger partial charge is 0.254 e. The molecule has 2 aromatic carbocycles. The van der Waals surface area contributed by atoms with E-state index in [1.165, 1.54) is 4.90 Å². The lowest BCUT2D eigenvalue weighted by Gasteiger charge is -2.39. The largest absolute Gasteiger partial charge is 0.497 e. The third kappa shape index (κ3) is 5.08. The molecule has 0 aliphatic carbocycles. The van der Waals surface area contributed by atoms with E-state index in [4.69, 9.17) is 9.47 Å². The van der Waals surface area contributed by atoms with Gasteiger partial charge in [-0.2, -0.15) is 0 Å². The van der Waals surface area contributed by atoms with Crippen LogP contribution in [0.3, 0.4) is 0 Å². The molecule has 4 rings (SSSR count). The van der Waals surface area contributed by atoms with Gasteiger partial charge in [-0.25, -0.2) is 0 Å². The minimum atomic E-state index is -0.824. The van der Waals surface area contributed by atoms with Gasteiger partial charge in [0, 0.05) is 50.5 Å². The van der Waals surface area contributed by atoms with E-state index < -0.39 is 6.04 Å². The maximum absolute atomic E-state index is 13.1. The number of carbonyl (C=O) groups is 3. The third-order valence-electron chi connectivity index (χ3n) is 6.37. The standard InChI is InChI=1S/C25H30N4O5/c1-33-20-7-3-18(4-8-20)25(32)29-12-11-26-24(31)22(29)17-23(30)28-15-13-27(14-16-28)19-5-9-21(34-2)10-6-19/h3-10,22H,11-17H2,1-2H3,(H,26,31)/t22-/m0/s1. The molecule has 0 aromatic heterocycles. The van der Waals surface area contributed by atoms with Crippen LogP contribution in [0.1, 0.15) is 16.8 Å². The Kier molecular flexibility index (Phi) is 7.20. The summed E-state index contributed by atoms with van der Waals surface area (Å²) in [5, 5.41) is 2.79. The molecule has 1 atom stereocenters. The van der Waals surface area contributed by atoms with E-state index in [2.05, 4.69) is 10.2 Å². The molecular weight excluding hydrogens is 436 g/mol. The molecule has 3 amide bonds. The van der Waals surface area contributed by atoms with E-state index in [1.807, 2.05) is 24.3 Å². The number of ether oxygens (including phenoxy) is 2. The summed E-state index contributed by atoms with van der Waals surface area (Å²) in [5.74, 6) is 0.771. The summed E-state index contributed by atoms with van der Waals surface area (Å²) in [6.45, 7) is 3.25. The van der Waals surface area contributed by atoms with E-state index in [9.17, 15) is 14.4 Å². The van der Waals surface area contributed by atoms with Crippen LogP contribution in [0.5, 0.6) is 11.5 Å². The van der Waals surface area contributed by atoms with Gasteiger partial charge < -0.3 is 29.5 Å². The van der Waals surface area contributed by atoms with Gasteiger partial charge in [0.25, 0.3) is 5.91 Å². The van der Waals surface area contributed by atoms with Crippen molar-refractivity contribution in [3.63, 3.8) is 0 Å². The van der Waals surface area contributed by atoms with Crippen molar-refractivity contribution in [1.29, 1.82) is 0 Å². The molecule has 180 valence electrons. The van der Waals surface area contributed by atoms with Gasteiger partial charge in [-0.1, -0.05) is 0 Å². The quantitative estimate of drug-likeness (QED) is 0.692. The maximum Gasteiger partial charge on any atom is 0.254 e. The highest BCUT2D eigenvalue weighted by atomic mass is 16.5. The number of carbonyl (C=O) groups excluding carboxylic acids is 3. The fourth-order valence-corrected chi connectivity index (χ4v) is 4.36. The van der Waals surface area contributed by atoms with Crippen LogP contribution in [-0.4, -0.2) is 87.1 Å². The maximum atomic E-state index is 13.1. The Bertz CT molecular complexity index is 1020. The number of piperazine rings is 2. The first-order valence-corrected chi connectivity index (χ1v) is 11.4. The predicted molar refractivity (Wildman–Crippen MR) is 127 cm³/mol. The van der Waals surface area contributed by atoms with Crippen LogP contribution in [0.4, 0.5) is 5.69 Å². The van der Waals surface area contributed by atoms with Gasteiger partial charge in [0.15, 0.2) is 0 Å². The predicted octanol–water partition coefficient (Wildman–Crippen LogP) is 1.38. The zero-order valence-corrected chi connectivity index (χ0v) is 19.5. The van der Waals surface area contributed by atoms with Gasteiger partial charge in [0.05, 0.1) is 20.6 Å². The molecule has 0 unspecified atom stereocenters. The van der Waals surface area contributed by atoms with Gasteiger partial charge in [0.1, 0.15) is 17.5 Å². The van der Waals surface area contributed by atoms with Crippen molar-refractivity contribution < 1.29 is 23.9 Å². The first-order valence-electron chi connectivity index (χ1n) is 11.4. The van der Waals surface area contributed by atoms with E-state index in [-0.39, 0.29) is 24.1 Å². The monoisotopic (exact) mass is 466 g/mol. The second-order valence-electron chi connectivity index (χ2n) is 8.30. The topological polar surface area (TPSA) is 91.4 Å². The first-order chi connectivity index (χ1) is 16.5. The second-order valence-corrected chi connectivity index (χ2v) is 8.30. The van der Waals surface area contributed by atoms with Crippen LogP contribution < -0.4 is 19.7 Å². The molecule has 2 aliphatic rings. The number of nitrogens with one attached hydrogen (secondary N) is 1. The SMILES string of the molecule is COc1ccc(C(=O)N2CCNC(=O)[C@@H]2CC(=O)N2CCN(c3ccc(OC)cc3)CC2)cc1.